The van der Waals surface area contributed by atoms with E-state index in [1.807, 2.05) is 6.92 Å². The van der Waals surface area contributed by atoms with Crippen LogP contribution in [0, 0.1) is 5.41 Å². The fourth-order valence-electron chi connectivity index (χ4n) is 3.26. The molecule has 0 fully saturated rings. The van der Waals surface area contributed by atoms with E-state index in [-0.39, 0.29) is 18.2 Å². The van der Waals surface area contributed by atoms with E-state index in [4.69, 9.17) is 9.47 Å². The van der Waals surface area contributed by atoms with Crippen LogP contribution in [0.4, 0.5) is 4.79 Å². The number of carbonyl (C=O) groups excluding carboxylic acids is 2. The van der Waals surface area contributed by atoms with Gasteiger partial charge in [-0.1, -0.05) is 77.7 Å². The second kappa shape index (κ2) is 16.4. The molecule has 0 saturated carbocycles. The van der Waals surface area contributed by atoms with E-state index in [2.05, 4.69) is 32.7 Å². The third-order valence-corrected chi connectivity index (χ3v) is 4.75. The zero-order chi connectivity index (χ0) is 21.3. The minimum atomic E-state index is -0.554. The number of allylic oxidation sites excluding steroid dienone is 1. The van der Waals surface area contributed by atoms with E-state index in [9.17, 15) is 9.59 Å². The number of carbonyl (C=O) groups is 2. The lowest BCUT2D eigenvalue weighted by molar-refractivity contribution is -0.151. The average Bonchev–Trinajstić information content (AvgIpc) is 2.59. The van der Waals surface area contributed by atoms with Crippen LogP contribution >= 0.6 is 0 Å². The number of amides is 1. The normalized spacial score (nSPS) is 11.1. The van der Waals surface area contributed by atoms with Crippen LogP contribution in [-0.4, -0.2) is 25.4 Å². The molecule has 0 rings (SSSR count). The van der Waals surface area contributed by atoms with E-state index in [0.717, 1.165) is 31.3 Å². The molecule has 1 amide bonds. The molecule has 0 aliphatic heterocycles. The molecule has 0 aromatic heterocycles. The van der Waals surface area contributed by atoms with Crippen LogP contribution in [0.1, 0.15) is 105 Å². The average molecular weight is 398 g/mol. The van der Waals surface area contributed by atoms with Gasteiger partial charge in [-0.3, -0.25) is 4.79 Å². The van der Waals surface area contributed by atoms with E-state index in [1.165, 1.54) is 44.9 Å². The Labute approximate surface area is 172 Å². The van der Waals surface area contributed by atoms with Crippen LogP contribution in [0.25, 0.3) is 0 Å². The molecule has 5 heteroatoms. The molecule has 5 nitrogen and oxygen atoms in total. The molecule has 0 aromatic carbocycles. The number of esters is 1. The summed E-state index contributed by atoms with van der Waals surface area (Å²) in [4.78, 5) is 23.3. The molecule has 0 atom stereocenters. The number of hydrogen-bond acceptors (Lipinski definition) is 4. The van der Waals surface area contributed by atoms with Crippen LogP contribution in [0.15, 0.2) is 12.2 Å². The topological polar surface area (TPSA) is 64.6 Å². The maximum atomic E-state index is 11.6. The Balaban J connectivity index is 3.55. The molecule has 1 N–H and O–H groups in total. The lowest BCUT2D eigenvalue weighted by Crippen LogP contribution is -2.29. The third-order valence-electron chi connectivity index (χ3n) is 4.75. The summed E-state index contributed by atoms with van der Waals surface area (Å²) in [6.07, 6.45) is 12.4. The van der Waals surface area contributed by atoms with Gasteiger partial charge in [0.2, 0.25) is 6.79 Å². The van der Waals surface area contributed by atoms with E-state index in [0.29, 0.717) is 13.0 Å². The monoisotopic (exact) mass is 397 g/mol. The number of nitrogens with one attached hydrogen (secondary N) is 1. The van der Waals surface area contributed by atoms with Crippen LogP contribution in [-0.2, 0) is 14.3 Å². The van der Waals surface area contributed by atoms with Crippen molar-refractivity contribution in [2.24, 2.45) is 5.41 Å². The fourth-order valence-corrected chi connectivity index (χ4v) is 3.26. The predicted octanol–water partition coefficient (Wildman–Crippen LogP) is 6.52. The Bertz CT molecular complexity index is 446. The van der Waals surface area contributed by atoms with E-state index >= 15 is 0 Å². The van der Waals surface area contributed by atoms with Gasteiger partial charge in [-0.05, 0) is 31.6 Å². The van der Waals surface area contributed by atoms with Gasteiger partial charge in [0.15, 0.2) is 0 Å². The Kier molecular flexibility index (Phi) is 15.5. The minimum Gasteiger partial charge on any atom is -0.428 e. The maximum Gasteiger partial charge on any atom is 0.410 e. The maximum absolute atomic E-state index is 11.6. The van der Waals surface area contributed by atoms with Crippen molar-refractivity contribution in [3.63, 3.8) is 0 Å². The number of alkyl carbamates (subject to hydrolysis) is 1. The molecule has 0 radical (unpaired) electrons. The number of rotatable bonds is 17. The fraction of sp³-hybridized carbons (Fsp3) is 0.826. The van der Waals surface area contributed by atoms with Gasteiger partial charge in [0.25, 0.3) is 0 Å². The Morgan fingerprint density at radius 2 is 1.50 bits per heavy atom. The zero-order valence-electron chi connectivity index (χ0n) is 18.7. The van der Waals surface area contributed by atoms with Crippen molar-refractivity contribution in [2.45, 2.75) is 105 Å². The predicted molar refractivity (Wildman–Crippen MR) is 115 cm³/mol. The molecule has 0 saturated heterocycles. The number of hydrogen-bond donors (Lipinski definition) is 1. The second-order valence-corrected chi connectivity index (χ2v) is 8.62. The van der Waals surface area contributed by atoms with Crippen molar-refractivity contribution in [1.29, 1.82) is 0 Å². The first-order valence-electron chi connectivity index (χ1n) is 11.0. The number of ether oxygens (including phenoxy) is 2. The minimum absolute atomic E-state index is 0.0844. The molecule has 0 heterocycles. The Hall–Kier alpha value is -1.52. The van der Waals surface area contributed by atoms with Crippen LogP contribution in [0.2, 0.25) is 0 Å². The Morgan fingerprint density at radius 1 is 0.929 bits per heavy atom. The highest BCUT2D eigenvalue weighted by atomic mass is 16.7. The van der Waals surface area contributed by atoms with Crippen molar-refractivity contribution >= 4 is 12.1 Å². The molecule has 0 bridgehead atoms. The summed E-state index contributed by atoms with van der Waals surface area (Å²) in [5.41, 5.74) is 1.22. The standard InChI is InChI=1S/C23H43NO4/c1-6-7-8-9-10-11-12-13-14-15-21(25)27-19-28-22(26)24-17-16-23(4,5)18-20(2)3/h2,6-19H2,1,3-5H3,(H,24,26). The van der Waals surface area contributed by atoms with Gasteiger partial charge >= 0.3 is 12.1 Å². The highest BCUT2D eigenvalue weighted by Gasteiger charge is 2.18. The third kappa shape index (κ3) is 17.9. The first-order valence-corrected chi connectivity index (χ1v) is 11.0. The number of unbranched alkanes of at least 4 members (excludes halogenated alkanes) is 8. The highest BCUT2D eigenvalue weighted by Crippen LogP contribution is 2.27. The first kappa shape index (κ1) is 26.5. The van der Waals surface area contributed by atoms with E-state index < -0.39 is 6.09 Å². The molecule has 28 heavy (non-hydrogen) atoms. The molecule has 0 aliphatic rings. The van der Waals surface area contributed by atoms with Gasteiger partial charge in [-0.15, -0.1) is 6.58 Å². The lowest BCUT2D eigenvalue weighted by atomic mass is 9.83. The van der Waals surface area contributed by atoms with Crippen molar-refractivity contribution < 1.29 is 19.1 Å². The quantitative estimate of drug-likeness (QED) is 0.131. The summed E-state index contributed by atoms with van der Waals surface area (Å²) >= 11 is 0. The summed E-state index contributed by atoms with van der Waals surface area (Å²) in [5, 5.41) is 2.69. The summed E-state index contributed by atoms with van der Waals surface area (Å²) in [6, 6.07) is 0. The molecule has 0 unspecified atom stereocenters. The molecule has 0 spiro atoms. The largest absolute Gasteiger partial charge is 0.428 e. The SMILES string of the molecule is C=C(C)CC(C)(C)CCNC(=O)OCOC(=O)CCCCCCCCCCC. The van der Waals surface area contributed by atoms with Gasteiger partial charge in [-0.25, -0.2) is 4.79 Å². The van der Waals surface area contributed by atoms with Gasteiger partial charge in [0.1, 0.15) is 0 Å². The smallest absolute Gasteiger partial charge is 0.410 e. The lowest BCUT2D eigenvalue weighted by Gasteiger charge is -2.24. The zero-order valence-corrected chi connectivity index (χ0v) is 18.7. The molecular weight excluding hydrogens is 354 g/mol. The van der Waals surface area contributed by atoms with Crippen molar-refractivity contribution in [2.75, 3.05) is 13.3 Å². The molecule has 164 valence electrons. The second-order valence-electron chi connectivity index (χ2n) is 8.62. The van der Waals surface area contributed by atoms with Crippen molar-refractivity contribution in [1.82, 2.24) is 5.32 Å². The first-order chi connectivity index (χ1) is 13.3. The van der Waals surface area contributed by atoms with Crippen molar-refractivity contribution in [3.05, 3.63) is 12.2 Å². The summed E-state index contributed by atoms with van der Waals surface area (Å²) in [6.45, 7) is 12.6. The summed E-state index contributed by atoms with van der Waals surface area (Å²) < 4.78 is 9.84. The van der Waals surface area contributed by atoms with Gasteiger partial charge in [-0.2, -0.15) is 0 Å². The van der Waals surface area contributed by atoms with Crippen LogP contribution in [0.5, 0.6) is 0 Å². The molecular formula is C23H43NO4. The van der Waals surface area contributed by atoms with Gasteiger partial charge in [0.05, 0.1) is 0 Å². The van der Waals surface area contributed by atoms with Crippen LogP contribution < -0.4 is 5.32 Å². The van der Waals surface area contributed by atoms with Gasteiger partial charge < -0.3 is 14.8 Å². The Morgan fingerprint density at radius 3 is 2.07 bits per heavy atom. The van der Waals surface area contributed by atoms with Gasteiger partial charge in [0, 0.05) is 13.0 Å². The molecule has 0 aliphatic carbocycles. The van der Waals surface area contributed by atoms with Crippen LogP contribution in [0.3, 0.4) is 0 Å². The van der Waals surface area contributed by atoms with Crippen molar-refractivity contribution in [3.8, 4) is 0 Å². The summed E-state index contributed by atoms with van der Waals surface area (Å²) in [5.74, 6) is -0.307. The van der Waals surface area contributed by atoms with E-state index in [1.54, 1.807) is 0 Å². The summed E-state index contributed by atoms with van der Waals surface area (Å²) in [7, 11) is 0. The highest BCUT2D eigenvalue weighted by molar-refractivity contribution is 5.70. The molecule has 0 aromatic rings.